The first-order valence-electron chi connectivity index (χ1n) is 5.92. The van der Waals surface area contributed by atoms with Gasteiger partial charge in [0.15, 0.2) is 0 Å². The summed E-state index contributed by atoms with van der Waals surface area (Å²) in [7, 11) is 0. The van der Waals surface area contributed by atoms with Crippen LogP contribution in [0.15, 0.2) is 42.6 Å². The molecule has 0 aliphatic carbocycles. The Hall–Kier alpha value is -1.75. The van der Waals surface area contributed by atoms with Crippen molar-refractivity contribution < 1.29 is 13.2 Å². The molecular weight excluding hydrogens is 289 g/mol. The van der Waals surface area contributed by atoms with Gasteiger partial charge in [-0.25, -0.2) is 4.98 Å². The summed E-state index contributed by atoms with van der Waals surface area (Å²) >= 11 is 5.66. The molecule has 0 radical (unpaired) electrons. The summed E-state index contributed by atoms with van der Waals surface area (Å²) in [5.74, 6) is 0. The minimum absolute atomic E-state index is 0.190. The third kappa shape index (κ3) is 3.42. The molecule has 20 heavy (non-hydrogen) atoms. The summed E-state index contributed by atoms with van der Waals surface area (Å²) in [5.41, 5.74) is 0.163. The van der Waals surface area contributed by atoms with Crippen LogP contribution < -0.4 is 5.32 Å². The minimum Gasteiger partial charge on any atom is -0.377 e. The summed E-state index contributed by atoms with van der Waals surface area (Å²) in [6.07, 6.45) is -2.89. The van der Waals surface area contributed by atoms with Gasteiger partial charge in [0, 0.05) is 6.04 Å². The van der Waals surface area contributed by atoms with Crippen LogP contribution in [0.5, 0.6) is 0 Å². The smallest absolute Gasteiger partial charge is 0.377 e. The van der Waals surface area contributed by atoms with Gasteiger partial charge in [0.25, 0.3) is 0 Å². The van der Waals surface area contributed by atoms with Crippen molar-refractivity contribution in [3.05, 3.63) is 58.9 Å². The van der Waals surface area contributed by atoms with Crippen molar-refractivity contribution in [1.29, 1.82) is 0 Å². The van der Waals surface area contributed by atoms with E-state index >= 15 is 0 Å². The van der Waals surface area contributed by atoms with Gasteiger partial charge >= 0.3 is 6.18 Å². The molecule has 0 amide bonds. The number of alkyl halides is 3. The zero-order chi connectivity index (χ0) is 14.8. The fraction of sp³-hybridized carbons (Fsp3) is 0.214. The van der Waals surface area contributed by atoms with Crippen LogP contribution in [0.2, 0.25) is 5.15 Å². The molecule has 1 unspecified atom stereocenters. The van der Waals surface area contributed by atoms with Gasteiger partial charge < -0.3 is 5.32 Å². The van der Waals surface area contributed by atoms with Crippen LogP contribution in [0.25, 0.3) is 0 Å². The summed E-state index contributed by atoms with van der Waals surface area (Å²) in [4.78, 5) is 3.88. The molecule has 2 aromatic rings. The number of halogens is 4. The minimum atomic E-state index is -4.37. The Labute approximate surface area is 119 Å². The summed E-state index contributed by atoms with van der Waals surface area (Å²) in [6.45, 7) is 1.67. The van der Waals surface area contributed by atoms with Gasteiger partial charge in [-0.15, -0.1) is 0 Å². The molecule has 1 aromatic heterocycles. The normalized spacial score (nSPS) is 13.1. The van der Waals surface area contributed by atoms with E-state index in [1.807, 2.05) is 0 Å². The molecule has 106 valence electrons. The first-order chi connectivity index (χ1) is 9.38. The van der Waals surface area contributed by atoms with Gasteiger partial charge in [-0.2, -0.15) is 13.2 Å². The quantitative estimate of drug-likeness (QED) is 0.813. The number of hydrogen-bond acceptors (Lipinski definition) is 2. The highest BCUT2D eigenvalue weighted by Crippen LogP contribution is 2.35. The molecule has 0 fully saturated rings. The molecular formula is C14H12ClF3N2. The molecule has 6 heteroatoms. The average Bonchev–Trinajstić information content (AvgIpc) is 2.40. The predicted molar refractivity (Wildman–Crippen MR) is 72.7 cm³/mol. The largest absolute Gasteiger partial charge is 0.416 e. The molecule has 1 heterocycles. The zero-order valence-electron chi connectivity index (χ0n) is 10.6. The van der Waals surface area contributed by atoms with Crippen molar-refractivity contribution in [3.8, 4) is 0 Å². The SMILES string of the molecule is CC(Nc1ccc(Cl)nc1)c1ccccc1C(F)(F)F. The second-order valence-corrected chi connectivity index (χ2v) is 4.71. The second-order valence-electron chi connectivity index (χ2n) is 4.32. The van der Waals surface area contributed by atoms with Crippen LogP contribution in [-0.2, 0) is 6.18 Å². The van der Waals surface area contributed by atoms with Crippen LogP contribution >= 0.6 is 11.6 Å². The van der Waals surface area contributed by atoms with E-state index < -0.39 is 17.8 Å². The molecule has 1 N–H and O–H groups in total. The lowest BCUT2D eigenvalue weighted by Gasteiger charge is -2.20. The van der Waals surface area contributed by atoms with Crippen LogP contribution in [0.3, 0.4) is 0 Å². The number of nitrogens with one attached hydrogen (secondary N) is 1. The van der Waals surface area contributed by atoms with Gasteiger partial charge in [0.1, 0.15) is 5.15 Å². The Morgan fingerprint density at radius 2 is 1.85 bits per heavy atom. The van der Waals surface area contributed by atoms with E-state index in [0.29, 0.717) is 10.8 Å². The maximum Gasteiger partial charge on any atom is 0.416 e. The topological polar surface area (TPSA) is 24.9 Å². The molecule has 0 spiro atoms. The molecule has 1 aromatic carbocycles. The standard InChI is InChI=1S/C14H12ClF3N2/c1-9(20-10-6-7-13(15)19-8-10)11-4-2-3-5-12(11)14(16,17)18/h2-9,20H,1H3. The number of pyridine rings is 1. The molecule has 0 saturated heterocycles. The highest BCUT2D eigenvalue weighted by atomic mass is 35.5. The zero-order valence-corrected chi connectivity index (χ0v) is 11.3. The molecule has 0 bridgehead atoms. The number of benzene rings is 1. The van der Waals surface area contributed by atoms with Gasteiger partial charge in [-0.3, -0.25) is 0 Å². The van der Waals surface area contributed by atoms with Crippen molar-refractivity contribution in [1.82, 2.24) is 4.98 Å². The molecule has 0 aliphatic heterocycles. The van der Waals surface area contributed by atoms with Gasteiger partial charge in [-0.1, -0.05) is 29.8 Å². The summed E-state index contributed by atoms with van der Waals surface area (Å²) in [5, 5.41) is 3.31. The highest BCUT2D eigenvalue weighted by Gasteiger charge is 2.34. The van der Waals surface area contributed by atoms with Crippen molar-refractivity contribution in [3.63, 3.8) is 0 Å². The van der Waals surface area contributed by atoms with E-state index in [1.54, 1.807) is 25.1 Å². The Morgan fingerprint density at radius 1 is 1.15 bits per heavy atom. The highest BCUT2D eigenvalue weighted by molar-refractivity contribution is 6.29. The van der Waals surface area contributed by atoms with Crippen molar-refractivity contribution >= 4 is 17.3 Å². The van der Waals surface area contributed by atoms with E-state index in [9.17, 15) is 13.2 Å². The van der Waals surface area contributed by atoms with E-state index in [1.165, 1.54) is 18.3 Å². The van der Waals surface area contributed by atoms with Crippen LogP contribution in [0, 0.1) is 0 Å². The lowest BCUT2D eigenvalue weighted by Crippen LogP contribution is -2.15. The number of rotatable bonds is 3. The lowest BCUT2D eigenvalue weighted by molar-refractivity contribution is -0.138. The maximum atomic E-state index is 12.9. The number of aromatic nitrogens is 1. The molecule has 2 rings (SSSR count). The lowest BCUT2D eigenvalue weighted by atomic mass is 10.0. The van der Waals surface area contributed by atoms with Gasteiger partial charge in [0.2, 0.25) is 0 Å². The number of hydrogen-bond donors (Lipinski definition) is 1. The fourth-order valence-electron chi connectivity index (χ4n) is 1.92. The third-order valence-electron chi connectivity index (χ3n) is 2.84. The van der Waals surface area contributed by atoms with Gasteiger partial charge in [0.05, 0.1) is 17.4 Å². The van der Waals surface area contributed by atoms with Crippen LogP contribution in [0.4, 0.5) is 18.9 Å². The van der Waals surface area contributed by atoms with E-state index in [4.69, 9.17) is 11.6 Å². The van der Waals surface area contributed by atoms with Crippen LogP contribution in [-0.4, -0.2) is 4.98 Å². The van der Waals surface area contributed by atoms with E-state index in [-0.39, 0.29) is 5.56 Å². The monoisotopic (exact) mass is 300 g/mol. The van der Waals surface area contributed by atoms with Crippen molar-refractivity contribution in [2.45, 2.75) is 19.1 Å². The first kappa shape index (κ1) is 14.7. The van der Waals surface area contributed by atoms with Crippen molar-refractivity contribution in [2.75, 3.05) is 5.32 Å². The number of nitrogens with zero attached hydrogens (tertiary/aromatic N) is 1. The second kappa shape index (κ2) is 5.71. The molecule has 1 atom stereocenters. The summed E-state index contributed by atoms with van der Waals surface area (Å²) in [6, 6.07) is 8.24. The molecule has 0 saturated carbocycles. The Bertz CT molecular complexity index is 582. The third-order valence-corrected chi connectivity index (χ3v) is 3.07. The molecule has 0 aliphatic rings. The van der Waals surface area contributed by atoms with Crippen LogP contribution in [0.1, 0.15) is 24.1 Å². The Kier molecular flexibility index (Phi) is 4.18. The predicted octanol–water partition coefficient (Wildman–Crippen LogP) is 4.93. The number of anilines is 1. The Morgan fingerprint density at radius 3 is 2.45 bits per heavy atom. The average molecular weight is 301 g/mol. The Balaban J connectivity index is 2.25. The summed E-state index contributed by atoms with van der Waals surface area (Å²) < 4.78 is 38.8. The molecule has 2 nitrogen and oxygen atoms in total. The maximum absolute atomic E-state index is 12.9. The van der Waals surface area contributed by atoms with E-state index in [0.717, 1.165) is 6.07 Å². The first-order valence-corrected chi connectivity index (χ1v) is 6.30. The van der Waals surface area contributed by atoms with Gasteiger partial charge in [-0.05, 0) is 30.7 Å². The van der Waals surface area contributed by atoms with E-state index in [2.05, 4.69) is 10.3 Å². The fourth-order valence-corrected chi connectivity index (χ4v) is 2.03. The van der Waals surface area contributed by atoms with Crippen molar-refractivity contribution in [2.24, 2.45) is 0 Å².